The van der Waals surface area contributed by atoms with Gasteiger partial charge in [0.15, 0.2) is 0 Å². The van der Waals surface area contributed by atoms with Gasteiger partial charge in [0.2, 0.25) is 0 Å². The number of nitrogens with zero attached hydrogens (tertiary/aromatic N) is 1. The monoisotopic (exact) mass is 437 g/mol. The molecule has 0 saturated heterocycles. The molecule has 1 aliphatic carbocycles. The van der Waals surface area contributed by atoms with E-state index in [1.165, 1.54) is 0 Å². The van der Waals surface area contributed by atoms with Crippen LogP contribution >= 0.6 is 0 Å². The smallest absolute Gasteiger partial charge is 0.256 e. The molecule has 33 heavy (non-hydrogen) atoms. The maximum Gasteiger partial charge on any atom is 0.256 e. The van der Waals surface area contributed by atoms with E-state index in [1.54, 1.807) is 55.6 Å². The van der Waals surface area contributed by atoms with Crippen molar-refractivity contribution < 1.29 is 14.3 Å². The summed E-state index contributed by atoms with van der Waals surface area (Å²) in [5.74, 6) is 0.752. The van der Waals surface area contributed by atoms with E-state index in [1.807, 2.05) is 30.3 Å². The predicted molar refractivity (Wildman–Crippen MR) is 129 cm³/mol. The second kappa shape index (κ2) is 8.74. The van der Waals surface area contributed by atoms with Gasteiger partial charge in [-0.1, -0.05) is 18.2 Å². The molecular weight excluding hydrogens is 414 g/mol. The number of carbonyl (C=O) groups excluding carboxylic acids is 2. The second-order valence-corrected chi connectivity index (χ2v) is 8.10. The quantitative estimate of drug-likeness (QED) is 0.410. The van der Waals surface area contributed by atoms with Gasteiger partial charge in [-0.05, 0) is 73.5 Å². The maximum atomic E-state index is 13.1. The van der Waals surface area contributed by atoms with Crippen molar-refractivity contribution in [1.29, 1.82) is 0 Å². The van der Waals surface area contributed by atoms with Crippen LogP contribution in [0, 0.1) is 0 Å². The third kappa shape index (κ3) is 4.55. The number of amides is 2. The molecule has 164 valence electrons. The SMILES string of the molecule is COc1ccc(NC(=O)c2ccc(NC(=O)c3cc(C4CC4)nc4ccccc34)cc2)cc1. The van der Waals surface area contributed by atoms with Crippen LogP contribution in [0.5, 0.6) is 5.75 Å². The predicted octanol–water partition coefficient (Wildman–Crippen LogP) is 5.63. The van der Waals surface area contributed by atoms with E-state index in [4.69, 9.17) is 9.72 Å². The van der Waals surface area contributed by atoms with Gasteiger partial charge in [-0.2, -0.15) is 0 Å². The number of methoxy groups -OCH3 is 1. The summed E-state index contributed by atoms with van der Waals surface area (Å²) in [5.41, 5.74) is 4.21. The Morgan fingerprint density at radius 2 is 1.48 bits per heavy atom. The Labute approximate surface area is 191 Å². The first-order valence-corrected chi connectivity index (χ1v) is 10.9. The molecular formula is C27H23N3O3. The summed E-state index contributed by atoms with van der Waals surface area (Å²) >= 11 is 0. The fourth-order valence-corrected chi connectivity index (χ4v) is 3.75. The van der Waals surface area contributed by atoms with E-state index in [0.29, 0.717) is 28.4 Å². The van der Waals surface area contributed by atoms with Crippen molar-refractivity contribution in [3.05, 3.63) is 95.7 Å². The molecule has 0 atom stereocenters. The number of benzene rings is 3. The highest BCUT2D eigenvalue weighted by molar-refractivity contribution is 6.12. The van der Waals surface area contributed by atoms with E-state index in [9.17, 15) is 9.59 Å². The van der Waals surface area contributed by atoms with Crippen LogP contribution in [0.25, 0.3) is 10.9 Å². The number of carbonyl (C=O) groups is 2. The zero-order valence-electron chi connectivity index (χ0n) is 18.2. The molecule has 1 fully saturated rings. The van der Waals surface area contributed by atoms with Crippen LogP contribution < -0.4 is 15.4 Å². The lowest BCUT2D eigenvalue weighted by atomic mass is 10.1. The number of para-hydroxylation sites is 1. The van der Waals surface area contributed by atoms with Crippen molar-refractivity contribution >= 4 is 34.1 Å². The van der Waals surface area contributed by atoms with Gasteiger partial charge in [-0.15, -0.1) is 0 Å². The number of aromatic nitrogens is 1. The lowest BCUT2D eigenvalue weighted by Gasteiger charge is -2.11. The van der Waals surface area contributed by atoms with E-state index >= 15 is 0 Å². The van der Waals surface area contributed by atoms with Crippen LogP contribution in [0.1, 0.15) is 45.2 Å². The van der Waals surface area contributed by atoms with Gasteiger partial charge in [0.1, 0.15) is 5.75 Å². The molecule has 6 nitrogen and oxygen atoms in total. The zero-order valence-corrected chi connectivity index (χ0v) is 18.2. The Kier molecular flexibility index (Phi) is 5.48. The first-order valence-electron chi connectivity index (χ1n) is 10.9. The Hall–Kier alpha value is -4.19. The number of nitrogens with one attached hydrogen (secondary N) is 2. The fraction of sp³-hybridized carbons (Fsp3) is 0.148. The Morgan fingerprint density at radius 3 is 2.15 bits per heavy atom. The number of fused-ring (bicyclic) bond motifs is 1. The van der Waals surface area contributed by atoms with Crippen molar-refractivity contribution in [3.8, 4) is 5.75 Å². The lowest BCUT2D eigenvalue weighted by Crippen LogP contribution is -2.14. The minimum Gasteiger partial charge on any atom is -0.497 e. The summed E-state index contributed by atoms with van der Waals surface area (Å²) in [5, 5.41) is 6.63. The molecule has 2 N–H and O–H groups in total. The third-order valence-corrected chi connectivity index (χ3v) is 5.73. The first-order chi connectivity index (χ1) is 16.1. The summed E-state index contributed by atoms with van der Waals surface area (Å²) in [6.45, 7) is 0. The summed E-state index contributed by atoms with van der Waals surface area (Å²) in [7, 11) is 1.59. The third-order valence-electron chi connectivity index (χ3n) is 5.73. The highest BCUT2D eigenvalue weighted by Crippen LogP contribution is 2.40. The van der Waals surface area contributed by atoms with Gasteiger partial charge in [0.25, 0.3) is 11.8 Å². The van der Waals surface area contributed by atoms with Crippen molar-refractivity contribution in [3.63, 3.8) is 0 Å². The van der Waals surface area contributed by atoms with E-state index < -0.39 is 0 Å². The molecule has 0 aliphatic heterocycles. The maximum absolute atomic E-state index is 13.1. The van der Waals surface area contributed by atoms with Crippen molar-refractivity contribution in [2.24, 2.45) is 0 Å². The minimum absolute atomic E-state index is 0.189. The molecule has 0 unspecified atom stereocenters. The van der Waals surface area contributed by atoms with Crippen molar-refractivity contribution in [2.75, 3.05) is 17.7 Å². The van der Waals surface area contributed by atoms with Gasteiger partial charge in [-0.25, -0.2) is 0 Å². The van der Waals surface area contributed by atoms with E-state index in [0.717, 1.165) is 35.2 Å². The lowest BCUT2D eigenvalue weighted by molar-refractivity contribution is 0.102. The van der Waals surface area contributed by atoms with Crippen LogP contribution in [-0.4, -0.2) is 23.9 Å². The topological polar surface area (TPSA) is 80.3 Å². The largest absolute Gasteiger partial charge is 0.497 e. The van der Waals surface area contributed by atoms with Crippen LogP contribution in [0.2, 0.25) is 0 Å². The van der Waals surface area contributed by atoms with Gasteiger partial charge in [-0.3, -0.25) is 14.6 Å². The Balaban J connectivity index is 1.31. The van der Waals surface area contributed by atoms with E-state index in [-0.39, 0.29) is 11.8 Å². The summed E-state index contributed by atoms with van der Waals surface area (Å²) < 4.78 is 5.13. The van der Waals surface area contributed by atoms with Gasteiger partial charge in [0.05, 0.1) is 18.2 Å². The van der Waals surface area contributed by atoms with Gasteiger partial charge >= 0.3 is 0 Å². The molecule has 0 bridgehead atoms. The van der Waals surface area contributed by atoms with Crippen LogP contribution in [0.3, 0.4) is 0 Å². The number of pyridine rings is 1. The normalized spacial score (nSPS) is 12.9. The molecule has 1 heterocycles. The Bertz CT molecular complexity index is 1330. The molecule has 4 aromatic rings. The standard InChI is InChI=1S/C27H23N3O3/c1-33-21-14-12-20(13-15-21)28-26(31)18-8-10-19(11-9-18)29-27(32)23-16-25(17-6-7-17)30-24-5-3-2-4-22(23)24/h2-5,8-17H,6-7H2,1H3,(H,28,31)(H,29,32). The summed E-state index contributed by atoms with van der Waals surface area (Å²) in [6.07, 6.45) is 2.24. The molecule has 6 heteroatoms. The number of hydrogen-bond acceptors (Lipinski definition) is 4. The number of ether oxygens (including phenoxy) is 1. The molecule has 5 rings (SSSR count). The molecule has 3 aromatic carbocycles. The minimum atomic E-state index is -0.229. The van der Waals surface area contributed by atoms with Gasteiger partial charge < -0.3 is 15.4 Å². The molecule has 0 spiro atoms. The first kappa shape index (κ1) is 20.7. The molecule has 1 aromatic heterocycles. The van der Waals surface area contributed by atoms with Crippen LogP contribution in [-0.2, 0) is 0 Å². The Morgan fingerprint density at radius 1 is 0.848 bits per heavy atom. The zero-order chi connectivity index (χ0) is 22.8. The van der Waals surface area contributed by atoms with Gasteiger partial charge in [0, 0.05) is 33.9 Å². The number of hydrogen-bond donors (Lipinski definition) is 2. The highest BCUT2D eigenvalue weighted by Gasteiger charge is 2.27. The molecule has 1 aliphatic rings. The van der Waals surface area contributed by atoms with Crippen molar-refractivity contribution in [2.45, 2.75) is 18.8 Å². The summed E-state index contributed by atoms with van der Waals surface area (Å²) in [6, 6.07) is 23.6. The van der Waals surface area contributed by atoms with Crippen LogP contribution in [0.4, 0.5) is 11.4 Å². The van der Waals surface area contributed by atoms with Crippen molar-refractivity contribution in [1.82, 2.24) is 4.98 Å². The fourth-order valence-electron chi connectivity index (χ4n) is 3.75. The average molecular weight is 437 g/mol. The number of anilines is 2. The highest BCUT2D eigenvalue weighted by atomic mass is 16.5. The second-order valence-electron chi connectivity index (χ2n) is 8.10. The van der Waals surface area contributed by atoms with E-state index in [2.05, 4.69) is 10.6 Å². The molecule has 0 radical (unpaired) electrons. The van der Waals surface area contributed by atoms with Crippen LogP contribution in [0.15, 0.2) is 78.9 Å². The summed E-state index contributed by atoms with van der Waals surface area (Å²) in [4.78, 5) is 30.4. The number of rotatable bonds is 6. The molecule has 1 saturated carbocycles. The molecule has 2 amide bonds. The average Bonchev–Trinajstić information content (AvgIpc) is 3.70.